The third-order valence-corrected chi connectivity index (χ3v) is 3.63. The fourth-order valence-corrected chi connectivity index (χ4v) is 2.12. The molecule has 13 heavy (non-hydrogen) atoms. The Morgan fingerprint density at radius 2 is 2.08 bits per heavy atom. The van der Waals surface area contributed by atoms with Gasteiger partial charge in [-0.05, 0) is 31.7 Å². The van der Waals surface area contributed by atoms with Crippen LogP contribution in [0.15, 0.2) is 0 Å². The number of hydrogen-bond donors (Lipinski definition) is 1. The van der Waals surface area contributed by atoms with Crippen molar-refractivity contribution in [1.82, 2.24) is 5.32 Å². The number of rotatable bonds is 6. The van der Waals surface area contributed by atoms with Crippen molar-refractivity contribution in [2.24, 2.45) is 11.8 Å². The first-order valence-electron chi connectivity index (χ1n) is 5.93. The fourth-order valence-electron chi connectivity index (χ4n) is 2.12. The minimum atomic E-state index is 0.778. The van der Waals surface area contributed by atoms with Crippen LogP contribution in [0.2, 0.25) is 0 Å². The number of hydrogen-bond acceptors (Lipinski definition) is 1. The highest BCUT2D eigenvalue weighted by atomic mass is 14.9. The van der Waals surface area contributed by atoms with Gasteiger partial charge in [0.05, 0.1) is 0 Å². The zero-order chi connectivity index (χ0) is 9.68. The van der Waals surface area contributed by atoms with E-state index in [9.17, 15) is 0 Å². The van der Waals surface area contributed by atoms with Crippen LogP contribution in [-0.2, 0) is 0 Å². The Kier molecular flexibility index (Phi) is 4.79. The Morgan fingerprint density at radius 3 is 2.46 bits per heavy atom. The van der Waals surface area contributed by atoms with Crippen molar-refractivity contribution in [3.05, 3.63) is 0 Å². The van der Waals surface area contributed by atoms with Crippen LogP contribution in [0.3, 0.4) is 0 Å². The lowest BCUT2D eigenvalue weighted by Gasteiger charge is -2.30. The molecule has 1 fully saturated rings. The van der Waals surface area contributed by atoms with Gasteiger partial charge in [-0.3, -0.25) is 0 Å². The van der Waals surface area contributed by atoms with Crippen LogP contribution in [0.1, 0.15) is 52.4 Å². The monoisotopic (exact) mass is 183 g/mol. The zero-order valence-corrected chi connectivity index (χ0v) is 9.47. The smallest absolute Gasteiger partial charge is 0.00692 e. The van der Waals surface area contributed by atoms with Crippen LogP contribution in [0.25, 0.3) is 0 Å². The molecule has 1 heteroatoms. The Labute approximate surface area is 83.3 Å². The van der Waals surface area contributed by atoms with Gasteiger partial charge in [-0.2, -0.15) is 0 Å². The summed E-state index contributed by atoms with van der Waals surface area (Å²) in [5, 5.41) is 3.47. The molecule has 0 heterocycles. The van der Waals surface area contributed by atoms with Crippen molar-refractivity contribution in [2.45, 2.75) is 58.4 Å². The maximum atomic E-state index is 3.47. The average molecular weight is 183 g/mol. The van der Waals surface area contributed by atoms with Gasteiger partial charge in [0.15, 0.2) is 0 Å². The second-order valence-corrected chi connectivity index (χ2v) is 4.77. The van der Waals surface area contributed by atoms with E-state index in [-0.39, 0.29) is 0 Å². The molecule has 1 aliphatic rings. The molecule has 1 N–H and O–H groups in total. The maximum absolute atomic E-state index is 3.47. The van der Waals surface area contributed by atoms with Gasteiger partial charge in [0.25, 0.3) is 0 Å². The molecule has 1 saturated carbocycles. The van der Waals surface area contributed by atoms with Crippen molar-refractivity contribution in [2.75, 3.05) is 7.05 Å². The number of nitrogens with one attached hydrogen (secondary N) is 1. The van der Waals surface area contributed by atoms with Crippen LogP contribution in [0, 0.1) is 11.8 Å². The first-order chi connectivity index (χ1) is 6.26. The van der Waals surface area contributed by atoms with Gasteiger partial charge in [-0.15, -0.1) is 0 Å². The summed E-state index contributed by atoms with van der Waals surface area (Å²) in [7, 11) is 2.12. The fraction of sp³-hybridized carbons (Fsp3) is 1.00. The van der Waals surface area contributed by atoms with Crippen LogP contribution in [0.4, 0.5) is 0 Å². The van der Waals surface area contributed by atoms with E-state index in [1.165, 1.54) is 38.5 Å². The summed E-state index contributed by atoms with van der Waals surface area (Å²) in [6.07, 6.45) is 8.55. The summed E-state index contributed by atoms with van der Waals surface area (Å²) in [4.78, 5) is 0. The van der Waals surface area contributed by atoms with Gasteiger partial charge in [-0.25, -0.2) is 0 Å². The Balaban J connectivity index is 2.16. The topological polar surface area (TPSA) is 12.0 Å². The molecule has 1 aliphatic carbocycles. The standard InChI is InChI=1S/C12H25N/c1-4-10(2)8-12(13-3)9-11-6-5-7-11/h10-13H,4-9H2,1-3H3. The van der Waals surface area contributed by atoms with E-state index in [2.05, 4.69) is 26.2 Å². The van der Waals surface area contributed by atoms with Gasteiger partial charge in [0.1, 0.15) is 0 Å². The first-order valence-corrected chi connectivity index (χ1v) is 5.93. The molecule has 0 amide bonds. The molecule has 0 aromatic heterocycles. The molecule has 0 radical (unpaired) electrons. The minimum Gasteiger partial charge on any atom is -0.317 e. The van der Waals surface area contributed by atoms with Crippen LogP contribution >= 0.6 is 0 Å². The lowest BCUT2D eigenvalue weighted by atomic mass is 9.79. The van der Waals surface area contributed by atoms with Gasteiger partial charge in [0.2, 0.25) is 0 Å². The quantitative estimate of drug-likeness (QED) is 0.667. The molecule has 1 nitrogen and oxygen atoms in total. The molecule has 2 atom stereocenters. The van der Waals surface area contributed by atoms with E-state index in [1.807, 2.05) is 0 Å². The second-order valence-electron chi connectivity index (χ2n) is 4.77. The summed E-state index contributed by atoms with van der Waals surface area (Å²) in [6.45, 7) is 4.66. The Bertz CT molecular complexity index is 122. The SMILES string of the molecule is CCC(C)CC(CC1CCC1)NC. The molecule has 0 aliphatic heterocycles. The normalized spacial score (nSPS) is 22.4. The summed E-state index contributed by atoms with van der Waals surface area (Å²) < 4.78 is 0. The predicted octanol–water partition coefficient (Wildman–Crippen LogP) is 3.20. The van der Waals surface area contributed by atoms with E-state index in [0.29, 0.717) is 0 Å². The lowest BCUT2D eigenvalue weighted by Crippen LogP contribution is -2.31. The van der Waals surface area contributed by atoms with Gasteiger partial charge in [-0.1, -0.05) is 39.5 Å². The summed E-state index contributed by atoms with van der Waals surface area (Å²) in [5.74, 6) is 1.93. The molecule has 78 valence electrons. The van der Waals surface area contributed by atoms with Gasteiger partial charge in [0, 0.05) is 6.04 Å². The summed E-state index contributed by atoms with van der Waals surface area (Å²) in [6, 6.07) is 0.778. The third-order valence-electron chi connectivity index (χ3n) is 3.63. The van der Waals surface area contributed by atoms with Crippen molar-refractivity contribution in [1.29, 1.82) is 0 Å². The molecule has 1 rings (SSSR count). The van der Waals surface area contributed by atoms with E-state index < -0.39 is 0 Å². The van der Waals surface area contributed by atoms with Crippen molar-refractivity contribution >= 4 is 0 Å². The second kappa shape index (κ2) is 5.64. The molecule has 0 aromatic rings. The van der Waals surface area contributed by atoms with Crippen LogP contribution in [0.5, 0.6) is 0 Å². The Morgan fingerprint density at radius 1 is 1.38 bits per heavy atom. The molecular formula is C12H25N. The predicted molar refractivity (Wildman–Crippen MR) is 58.9 cm³/mol. The highest BCUT2D eigenvalue weighted by Crippen LogP contribution is 2.31. The molecular weight excluding hydrogens is 158 g/mol. The molecule has 0 bridgehead atoms. The van der Waals surface area contributed by atoms with E-state index in [1.54, 1.807) is 0 Å². The molecule has 0 aromatic carbocycles. The van der Waals surface area contributed by atoms with Gasteiger partial charge >= 0.3 is 0 Å². The molecule has 0 saturated heterocycles. The van der Waals surface area contributed by atoms with Crippen molar-refractivity contribution in [3.8, 4) is 0 Å². The highest BCUT2D eigenvalue weighted by Gasteiger charge is 2.21. The first kappa shape index (κ1) is 11.0. The van der Waals surface area contributed by atoms with Crippen molar-refractivity contribution < 1.29 is 0 Å². The lowest BCUT2D eigenvalue weighted by molar-refractivity contribution is 0.247. The average Bonchev–Trinajstić information content (AvgIpc) is 2.08. The third kappa shape index (κ3) is 3.68. The molecule has 0 spiro atoms. The van der Waals surface area contributed by atoms with E-state index in [4.69, 9.17) is 0 Å². The minimum absolute atomic E-state index is 0.778. The zero-order valence-electron chi connectivity index (χ0n) is 9.47. The van der Waals surface area contributed by atoms with Crippen molar-refractivity contribution in [3.63, 3.8) is 0 Å². The highest BCUT2D eigenvalue weighted by molar-refractivity contribution is 4.77. The molecule has 2 unspecified atom stereocenters. The van der Waals surface area contributed by atoms with Crippen LogP contribution < -0.4 is 5.32 Å². The van der Waals surface area contributed by atoms with Gasteiger partial charge < -0.3 is 5.32 Å². The summed E-state index contributed by atoms with van der Waals surface area (Å²) >= 11 is 0. The summed E-state index contributed by atoms with van der Waals surface area (Å²) in [5.41, 5.74) is 0. The maximum Gasteiger partial charge on any atom is 0.00692 e. The van der Waals surface area contributed by atoms with Crippen LogP contribution in [-0.4, -0.2) is 13.1 Å². The Hall–Kier alpha value is -0.0400. The van der Waals surface area contributed by atoms with E-state index >= 15 is 0 Å². The van der Waals surface area contributed by atoms with E-state index in [0.717, 1.165) is 17.9 Å². The largest absolute Gasteiger partial charge is 0.317 e.